The van der Waals surface area contributed by atoms with Crippen molar-refractivity contribution < 1.29 is 28.7 Å². The van der Waals surface area contributed by atoms with Crippen molar-refractivity contribution in [2.45, 2.75) is 52.0 Å². The molecule has 0 saturated carbocycles. The van der Waals surface area contributed by atoms with Crippen LogP contribution in [0.2, 0.25) is 0 Å². The highest BCUT2D eigenvalue weighted by atomic mass is 19.1. The van der Waals surface area contributed by atoms with Crippen LogP contribution in [0.4, 0.5) is 4.39 Å². The van der Waals surface area contributed by atoms with E-state index in [-0.39, 0.29) is 44.8 Å². The first-order chi connectivity index (χ1) is 12.8. The lowest BCUT2D eigenvalue weighted by Gasteiger charge is -2.18. The molecule has 0 aliphatic heterocycles. The van der Waals surface area contributed by atoms with E-state index in [0.29, 0.717) is 12.3 Å². The fourth-order valence-corrected chi connectivity index (χ4v) is 2.09. The van der Waals surface area contributed by atoms with Gasteiger partial charge in [0.05, 0.1) is 0 Å². The van der Waals surface area contributed by atoms with Gasteiger partial charge in [0.25, 0.3) is 0 Å². The van der Waals surface area contributed by atoms with Crippen LogP contribution in [0.25, 0.3) is 0 Å². The van der Waals surface area contributed by atoms with Gasteiger partial charge in [0, 0.05) is 38.9 Å². The van der Waals surface area contributed by atoms with E-state index in [9.17, 15) is 23.6 Å². The Bertz CT molecular complexity index is 488. The van der Waals surface area contributed by atoms with Crippen LogP contribution in [0.1, 0.15) is 46.0 Å². The Hall–Kier alpha value is -2.23. The van der Waals surface area contributed by atoms with Gasteiger partial charge in [-0.15, -0.1) is 0 Å². The molecule has 0 spiro atoms. The summed E-state index contributed by atoms with van der Waals surface area (Å²) in [5, 5.41) is 18.8. The summed E-state index contributed by atoms with van der Waals surface area (Å²) in [6, 6.07) is -1.00. The molecule has 0 rings (SSSR count). The van der Waals surface area contributed by atoms with Gasteiger partial charge in [0.15, 0.2) is 0 Å². The summed E-state index contributed by atoms with van der Waals surface area (Å²) < 4.78 is 12.0. The average molecular weight is 390 g/mol. The number of rotatable bonds is 15. The smallest absolute Gasteiger partial charge is 0.303 e. The molecule has 0 aromatic carbocycles. The van der Waals surface area contributed by atoms with Gasteiger partial charge in [0.1, 0.15) is 12.8 Å². The summed E-state index contributed by atoms with van der Waals surface area (Å²) in [4.78, 5) is 46.3. The molecule has 0 bridgehead atoms. The predicted octanol–water partition coefficient (Wildman–Crippen LogP) is -0.0887. The summed E-state index contributed by atoms with van der Waals surface area (Å²) in [6.07, 6.45) is 0.804. The lowest BCUT2D eigenvalue weighted by atomic mass is 10.1. The van der Waals surface area contributed by atoms with Crippen molar-refractivity contribution >= 4 is 23.7 Å². The molecular formula is C17H31FN4O5. The molecule has 0 aromatic rings. The number of aliphatic carboxylic acids is 1. The highest BCUT2D eigenvalue weighted by Crippen LogP contribution is 2.02. The highest BCUT2D eigenvalue weighted by molar-refractivity contribution is 5.88. The number of carbonyl (C=O) groups excluding carboxylic acids is 3. The van der Waals surface area contributed by atoms with Crippen molar-refractivity contribution in [1.29, 1.82) is 0 Å². The van der Waals surface area contributed by atoms with E-state index in [1.54, 1.807) is 0 Å². The molecule has 5 N–H and O–H groups in total. The van der Waals surface area contributed by atoms with E-state index in [4.69, 9.17) is 5.11 Å². The molecule has 1 atom stereocenters. The van der Waals surface area contributed by atoms with Crippen molar-refractivity contribution in [3.63, 3.8) is 0 Å². The second-order valence-electron chi connectivity index (χ2n) is 6.51. The second kappa shape index (κ2) is 14.9. The number of amides is 3. The third kappa shape index (κ3) is 14.6. The second-order valence-corrected chi connectivity index (χ2v) is 6.51. The molecule has 0 saturated heterocycles. The Labute approximate surface area is 158 Å². The van der Waals surface area contributed by atoms with E-state index in [2.05, 4.69) is 21.3 Å². The van der Waals surface area contributed by atoms with E-state index >= 15 is 0 Å². The topological polar surface area (TPSA) is 137 Å². The van der Waals surface area contributed by atoms with Crippen molar-refractivity contribution in [1.82, 2.24) is 21.3 Å². The van der Waals surface area contributed by atoms with Crippen LogP contribution in [0.5, 0.6) is 0 Å². The molecule has 3 amide bonds. The Kier molecular flexibility index (Phi) is 13.7. The molecule has 27 heavy (non-hydrogen) atoms. The Morgan fingerprint density at radius 1 is 0.889 bits per heavy atom. The quantitative estimate of drug-likeness (QED) is 0.196. The van der Waals surface area contributed by atoms with Gasteiger partial charge in [-0.2, -0.15) is 0 Å². The molecule has 0 aliphatic rings. The number of halogens is 1. The van der Waals surface area contributed by atoms with Gasteiger partial charge in [-0.1, -0.05) is 13.8 Å². The zero-order valence-electron chi connectivity index (χ0n) is 16.0. The van der Waals surface area contributed by atoms with Crippen molar-refractivity contribution in [3.05, 3.63) is 0 Å². The standard InChI is InChI=1S/C17H31FN4O5/c1-12(2)3-5-14(23)20-9-10-21-17(27)13(4-6-16(25)26)22-15(24)7-8-19-11-18/h12-13,19H,3-11H2,1-2H3,(H,20,23)(H,21,27)(H,22,24)(H,25,26). The summed E-state index contributed by atoms with van der Waals surface area (Å²) in [7, 11) is 0. The first-order valence-corrected chi connectivity index (χ1v) is 9.08. The summed E-state index contributed by atoms with van der Waals surface area (Å²) >= 11 is 0. The molecular weight excluding hydrogens is 359 g/mol. The minimum atomic E-state index is -1.08. The number of nitrogens with one attached hydrogen (secondary N) is 4. The lowest BCUT2D eigenvalue weighted by molar-refractivity contribution is -0.138. The summed E-state index contributed by atoms with van der Waals surface area (Å²) in [6.45, 7) is 3.79. The maximum absolute atomic E-state index is 12.2. The SMILES string of the molecule is CC(C)CCC(=O)NCCNC(=O)C(CCC(=O)O)NC(=O)CCNCF. The Morgan fingerprint density at radius 3 is 2.15 bits per heavy atom. The first kappa shape index (κ1) is 24.8. The van der Waals surface area contributed by atoms with Crippen LogP contribution in [-0.4, -0.2) is 61.3 Å². The average Bonchev–Trinajstić information content (AvgIpc) is 2.60. The number of hydrogen-bond acceptors (Lipinski definition) is 5. The zero-order chi connectivity index (χ0) is 20.7. The molecule has 10 heteroatoms. The lowest BCUT2D eigenvalue weighted by Crippen LogP contribution is -2.48. The van der Waals surface area contributed by atoms with Crippen molar-refractivity contribution in [3.8, 4) is 0 Å². The van der Waals surface area contributed by atoms with Gasteiger partial charge >= 0.3 is 5.97 Å². The molecule has 0 radical (unpaired) electrons. The summed E-state index contributed by atoms with van der Waals surface area (Å²) in [5.74, 6) is -1.77. The van der Waals surface area contributed by atoms with Crippen molar-refractivity contribution in [2.75, 3.05) is 26.4 Å². The zero-order valence-corrected chi connectivity index (χ0v) is 16.0. The third-order valence-electron chi connectivity index (χ3n) is 3.62. The molecule has 0 aliphatic carbocycles. The van der Waals surface area contributed by atoms with E-state index in [0.717, 1.165) is 6.42 Å². The normalized spacial score (nSPS) is 11.7. The molecule has 9 nitrogen and oxygen atoms in total. The fourth-order valence-electron chi connectivity index (χ4n) is 2.09. The Morgan fingerprint density at radius 2 is 1.56 bits per heavy atom. The predicted molar refractivity (Wildman–Crippen MR) is 97.5 cm³/mol. The van der Waals surface area contributed by atoms with Crippen LogP contribution in [0.3, 0.4) is 0 Å². The van der Waals surface area contributed by atoms with Gasteiger partial charge in [-0.3, -0.25) is 24.5 Å². The van der Waals surface area contributed by atoms with E-state index in [1.807, 2.05) is 13.8 Å². The minimum Gasteiger partial charge on any atom is -0.481 e. The highest BCUT2D eigenvalue weighted by Gasteiger charge is 2.21. The first-order valence-electron chi connectivity index (χ1n) is 9.08. The van der Waals surface area contributed by atoms with Gasteiger partial charge in [-0.25, -0.2) is 4.39 Å². The third-order valence-corrected chi connectivity index (χ3v) is 3.62. The molecule has 156 valence electrons. The van der Waals surface area contributed by atoms with E-state index in [1.165, 1.54) is 0 Å². The van der Waals surface area contributed by atoms with E-state index < -0.39 is 30.6 Å². The molecule has 0 fully saturated rings. The molecule has 0 aromatic heterocycles. The number of carbonyl (C=O) groups is 4. The van der Waals surface area contributed by atoms with Crippen LogP contribution in [-0.2, 0) is 19.2 Å². The number of carboxylic acid groups (broad SMARTS) is 1. The van der Waals surface area contributed by atoms with Crippen LogP contribution >= 0.6 is 0 Å². The maximum atomic E-state index is 12.2. The van der Waals surface area contributed by atoms with Crippen molar-refractivity contribution in [2.24, 2.45) is 5.92 Å². The summed E-state index contributed by atoms with van der Waals surface area (Å²) in [5.41, 5.74) is 0. The van der Waals surface area contributed by atoms with Gasteiger partial charge in [-0.05, 0) is 18.8 Å². The van der Waals surface area contributed by atoms with Crippen LogP contribution in [0.15, 0.2) is 0 Å². The largest absolute Gasteiger partial charge is 0.481 e. The van der Waals surface area contributed by atoms with Crippen LogP contribution in [0, 0.1) is 5.92 Å². The number of carboxylic acids is 1. The fraction of sp³-hybridized carbons (Fsp3) is 0.765. The monoisotopic (exact) mass is 390 g/mol. The molecule has 1 unspecified atom stereocenters. The van der Waals surface area contributed by atoms with Gasteiger partial charge in [0.2, 0.25) is 17.7 Å². The number of hydrogen-bond donors (Lipinski definition) is 5. The molecule has 0 heterocycles. The number of alkyl halides is 1. The van der Waals surface area contributed by atoms with Gasteiger partial charge < -0.3 is 21.1 Å². The maximum Gasteiger partial charge on any atom is 0.303 e. The minimum absolute atomic E-state index is 0.0350. The van der Waals surface area contributed by atoms with Crippen LogP contribution < -0.4 is 21.3 Å². The Balaban J connectivity index is 4.30.